The maximum atomic E-state index is 10.6. The Labute approximate surface area is 91.8 Å². The quantitative estimate of drug-likeness (QED) is 0.592. The summed E-state index contributed by atoms with van der Waals surface area (Å²) in [6, 6.07) is 5.85. The van der Waals surface area contributed by atoms with Crippen LogP contribution >= 0.6 is 0 Å². The summed E-state index contributed by atoms with van der Waals surface area (Å²) in [4.78, 5) is 10.6. The van der Waals surface area contributed by atoms with E-state index in [1.165, 1.54) is 31.4 Å². The van der Waals surface area contributed by atoms with Crippen molar-refractivity contribution in [2.75, 3.05) is 7.11 Å². The van der Waals surface area contributed by atoms with Crippen LogP contribution in [0.2, 0.25) is 0 Å². The highest BCUT2D eigenvalue weighted by Crippen LogP contribution is 2.27. The standard InChI is InChI=1S/C11H9NO4/c1-16-10-5-7(2-3-9(10)13)4-8(6-12)11(14)15/h2-5,13H,1H3,(H,14,15)/b8-4-. The van der Waals surface area contributed by atoms with Gasteiger partial charge in [0.25, 0.3) is 0 Å². The molecule has 0 atom stereocenters. The van der Waals surface area contributed by atoms with E-state index in [9.17, 15) is 9.90 Å². The number of rotatable bonds is 3. The van der Waals surface area contributed by atoms with E-state index in [1.54, 1.807) is 6.07 Å². The number of aromatic hydroxyl groups is 1. The summed E-state index contributed by atoms with van der Waals surface area (Å²) in [6.07, 6.45) is 1.20. The van der Waals surface area contributed by atoms with Crippen LogP contribution in [0.25, 0.3) is 6.08 Å². The van der Waals surface area contributed by atoms with Crippen molar-refractivity contribution in [2.45, 2.75) is 0 Å². The highest BCUT2D eigenvalue weighted by Gasteiger charge is 2.07. The fourth-order valence-electron chi connectivity index (χ4n) is 1.09. The molecule has 0 saturated heterocycles. The summed E-state index contributed by atoms with van der Waals surface area (Å²) >= 11 is 0. The molecule has 0 unspecified atom stereocenters. The van der Waals surface area contributed by atoms with E-state index >= 15 is 0 Å². The molecule has 82 valence electrons. The molecule has 0 aromatic heterocycles. The number of ether oxygens (including phenoxy) is 1. The van der Waals surface area contributed by atoms with Crippen LogP contribution in [-0.4, -0.2) is 23.3 Å². The summed E-state index contributed by atoms with van der Waals surface area (Å²) in [7, 11) is 1.38. The lowest BCUT2D eigenvalue weighted by Crippen LogP contribution is -1.97. The maximum Gasteiger partial charge on any atom is 0.346 e. The molecular formula is C11H9NO4. The summed E-state index contributed by atoms with van der Waals surface area (Å²) in [6.45, 7) is 0. The molecule has 0 amide bonds. The van der Waals surface area contributed by atoms with Gasteiger partial charge in [0.15, 0.2) is 11.5 Å². The van der Waals surface area contributed by atoms with Crippen molar-refractivity contribution in [3.05, 3.63) is 29.3 Å². The van der Waals surface area contributed by atoms with Crippen molar-refractivity contribution >= 4 is 12.0 Å². The SMILES string of the molecule is COc1cc(/C=C(/C#N)C(=O)O)ccc1O. The third kappa shape index (κ3) is 2.51. The average molecular weight is 219 g/mol. The van der Waals surface area contributed by atoms with Crippen molar-refractivity contribution in [1.29, 1.82) is 5.26 Å². The van der Waals surface area contributed by atoms with Crippen LogP contribution in [0.3, 0.4) is 0 Å². The number of phenols is 1. The van der Waals surface area contributed by atoms with Crippen molar-refractivity contribution in [3.8, 4) is 17.6 Å². The van der Waals surface area contributed by atoms with E-state index in [1.807, 2.05) is 0 Å². The second kappa shape index (κ2) is 4.84. The predicted octanol–water partition coefficient (Wildman–Crippen LogP) is 1.39. The Kier molecular flexibility index (Phi) is 3.51. The van der Waals surface area contributed by atoms with Crippen molar-refractivity contribution < 1.29 is 19.7 Å². The van der Waals surface area contributed by atoms with Gasteiger partial charge in [-0.05, 0) is 23.8 Å². The fraction of sp³-hybridized carbons (Fsp3) is 0.0909. The van der Waals surface area contributed by atoms with E-state index in [4.69, 9.17) is 15.1 Å². The van der Waals surface area contributed by atoms with Crippen molar-refractivity contribution in [2.24, 2.45) is 0 Å². The summed E-state index contributed by atoms with van der Waals surface area (Å²) in [5.74, 6) is -1.13. The van der Waals surface area contributed by atoms with Crippen molar-refractivity contribution in [1.82, 2.24) is 0 Å². The molecule has 0 spiro atoms. The number of hydrogen-bond acceptors (Lipinski definition) is 4. The molecule has 0 aliphatic heterocycles. The van der Waals surface area contributed by atoms with Gasteiger partial charge in [0.05, 0.1) is 7.11 Å². The predicted molar refractivity (Wildman–Crippen MR) is 55.9 cm³/mol. The third-order valence-electron chi connectivity index (χ3n) is 1.87. The molecule has 0 fully saturated rings. The van der Waals surface area contributed by atoms with Crippen LogP contribution in [0.4, 0.5) is 0 Å². The summed E-state index contributed by atoms with van der Waals surface area (Å²) in [5, 5.41) is 26.5. The highest BCUT2D eigenvalue weighted by atomic mass is 16.5. The molecule has 16 heavy (non-hydrogen) atoms. The molecule has 0 aliphatic rings. The first-order valence-electron chi connectivity index (χ1n) is 4.30. The first-order valence-corrected chi connectivity index (χ1v) is 4.30. The number of carbonyl (C=O) groups is 1. The van der Waals surface area contributed by atoms with Crippen LogP contribution in [0.1, 0.15) is 5.56 Å². The number of phenolic OH excluding ortho intramolecular Hbond substituents is 1. The number of benzene rings is 1. The lowest BCUT2D eigenvalue weighted by Gasteiger charge is -2.03. The van der Waals surface area contributed by atoms with Gasteiger partial charge in [-0.15, -0.1) is 0 Å². The van der Waals surface area contributed by atoms with Gasteiger partial charge in [-0.2, -0.15) is 5.26 Å². The molecule has 1 aromatic rings. The minimum absolute atomic E-state index is 0.0477. The zero-order valence-electron chi connectivity index (χ0n) is 8.47. The number of methoxy groups -OCH3 is 1. The second-order valence-corrected chi connectivity index (χ2v) is 2.91. The first-order chi connectivity index (χ1) is 7.58. The topological polar surface area (TPSA) is 90.5 Å². The normalized spacial score (nSPS) is 10.6. The Morgan fingerprint density at radius 1 is 1.56 bits per heavy atom. The summed E-state index contributed by atoms with van der Waals surface area (Å²) < 4.78 is 4.85. The number of carboxylic acid groups (broad SMARTS) is 1. The first kappa shape index (κ1) is 11.6. The lowest BCUT2D eigenvalue weighted by molar-refractivity contribution is -0.132. The molecule has 0 bridgehead atoms. The van der Waals surface area contributed by atoms with E-state index in [2.05, 4.69) is 0 Å². The smallest absolute Gasteiger partial charge is 0.346 e. The van der Waals surface area contributed by atoms with Gasteiger partial charge in [0, 0.05) is 0 Å². The molecule has 5 heteroatoms. The zero-order chi connectivity index (χ0) is 12.1. The Hall–Kier alpha value is -2.48. The molecule has 5 nitrogen and oxygen atoms in total. The molecule has 1 rings (SSSR count). The number of nitriles is 1. The summed E-state index contributed by atoms with van der Waals surface area (Å²) in [5.41, 5.74) is 0.0846. The molecule has 1 aromatic carbocycles. The monoisotopic (exact) mass is 219 g/mol. The van der Waals surface area contributed by atoms with Gasteiger partial charge in [-0.25, -0.2) is 4.79 Å². The molecule has 2 N–H and O–H groups in total. The lowest BCUT2D eigenvalue weighted by atomic mass is 10.1. The number of carboxylic acids is 1. The van der Waals surface area contributed by atoms with E-state index in [0.717, 1.165) is 0 Å². The van der Waals surface area contributed by atoms with Crippen LogP contribution in [0.5, 0.6) is 11.5 Å². The Bertz CT molecular complexity index is 485. The molecular weight excluding hydrogens is 210 g/mol. The van der Waals surface area contributed by atoms with E-state index in [0.29, 0.717) is 5.56 Å². The molecule has 0 aliphatic carbocycles. The fourth-order valence-corrected chi connectivity index (χ4v) is 1.09. The number of hydrogen-bond donors (Lipinski definition) is 2. The third-order valence-corrected chi connectivity index (χ3v) is 1.87. The van der Waals surface area contributed by atoms with Gasteiger partial charge in [0.2, 0.25) is 0 Å². The Balaban J connectivity index is 3.16. The van der Waals surface area contributed by atoms with Crippen molar-refractivity contribution in [3.63, 3.8) is 0 Å². The minimum atomic E-state index is -1.30. The van der Waals surface area contributed by atoms with Gasteiger partial charge >= 0.3 is 5.97 Å². The maximum absolute atomic E-state index is 10.6. The Morgan fingerprint density at radius 2 is 2.25 bits per heavy atom. The van der Waals surface area contributed by atoms with E-state index in [-0.39, 0.29) is 17.1 Å². The van der Waals surface area contributed by atoms with Gasteiger partial charge < -0.3 is 14.9 Å². The average Bonchev–Trinajstić information content (AvgIpc) is 2.27. The van der Waals surface area contributed by atoms with Crippen LogP contribution in [-0.2, 0) is 4.79 Å². The molecule has 0 heterocycles. The minimum Gasteiger partial charge on any atom is -0.504 e. The van der Waals surface area contributed by atoms with Gasteiger partial charge in [0.1, 0.15) is 11.6 Å². The van der Waals surface area contributed by atoms with Gasteiger partial charge in [-0.1, -0.05) is 6.07 Å². The van der Waals surface area contributed by atoms with Crippen LogP contribution in [0.15, 0.2) is 23.8 Å². The molecule has 0 radical (unpaired) electrons. The highest BCUT2D eigenvalue weighted by molar-refractivity contribution is 5.96. The van der Waals surface area contributed by atoms with Crippen LogP contribution < -0.4 is 4.74 Å². The van der Waals surface area contributed by atoms with Crippen LogP contribution in [0, 0.1) is 11.3 Å². The molecule has 0 saturated carbocycles. The second-order valence-electron chi connectivity index (χ2n) is 2.91. The number of nitrogens with zero attached hydrogens (tertiary/aromatic N) is 1. The largest absolute Gasteiger partial charge is 0.504 e. The van der Waals surface area contributed by atoms with E-state index < -0.39 is 5.97 Å². The zero-order valence-corrected chi connectivity index (χ0v) is 8.47. The Morgan fingerprint density at radius 3 is 2.75 bits per heavy atom. The number of aliphatic carboxylic acids is 1. The van der Waals surface area contributed by atoms with Gasteiger partial charge in [-0.3, -0.25) is 0 Å².